The molecule has 19 heavy (non-hydrogen) atoms. The molecule has 1 aromatic carbocycles. The number of halogens is 2. The molecule has 0 atom stereocenters. The third kappa shape index (κ3) is 2.58. The third-order valence-corrected chi connectivity index (χ3v) is 2.55. The van der Waals surface area contributed by atoms with E-state index in [0.717, 1.165) is 12.1 Å². The fourth-order valence-corrected chi connectivity index (χ4v) is 1.68. The first-order valence-corrected chi connectivity index (χ1v) is 5.31. The van der Waals surface area contributed by atoms with Gasteiger partial charge in [-0.3, -0.25) is 0 Å². The summed E-state index contributed by atoms with van der Waals surface area (Å²) in [5.41, 5.74) is -0.107. The second kappa shape index (κ2) is 5.11. The summed E-state index contributed by atoms with van der Waals surface area (Å²) in [4.78, 5) is 14.7. The number of carbonyl (C=O) groups is 1. The number of nitrogens with zero attached hydrogens (tertiary/aromatic N) is 1. The predicted molar refractivity (Wildman–Crippen MR) is 62.5 cm³/mol. The van der Waals surface area contributed by atoms with Crippen molar-refractivity contribution in [3.8, 4) is 11.1 Å². The van der Waals surface area contributed by atoms with E-state index in [4.69, 9.17) is 10.2 Å². The smallest absolute Gasteiger partial charge is 0.355 e. The highest BCUT2D eigenvalue weighted by molar-refractivity contribution is 5.94. The fourth-order valence-electron chi connectivity index (χ4n) is 1.68. The third-order valence-electron chi connectivity index (χ3n) is 2.55. The average molecular weight is 265 g/mol. The molecule has 0 radical (unpaired) electrons. The maximum absolute atomic E-state index is 13.7. The number of hydrogen-bond acceptors (Lipinski definition) is 3. The minimum atomic E-state index is -1.33. The van der Waals surface area contributed by atoms with Gasteiger partial charge in [0.25, 0.3) is 0 Å². The molecule has 0 aliphatic rings. The van der Waals surface area contributed by atoms with Gasteiger partial charge in [0.05, 0.1) is 6.61 Å². The lowest BCUT2D eigenvalue weighted by Crippen LogP contribution is -2.05. The van der Waals surface area contributed by atoms with E-state index in [-0.39, 0.29) is 23.4 Å². The molecule has 0 bridgehead atoms. The van der Waals surface area contributed by atoms with Gasteiger partial charge in [-0.15, -0.1) is 0 Å². The van der Waals surface area contributed by atoms with Gasteiger partial charge in [0.2, 0.25) is 0 Å². The van der Waals surface area contributed by atoms with Crippen LogP contribution in [-0.2, 0) is 6.61 Å². The monoisotopic (exact) mass is 265 g/mol. The molecule has 2 rings (SSSR count). The molecular formula is C13H9F2NO3. The number of aliphatic hydroxyl groups excluding tert-OH is 1. The minimum Gasteiger partial charge on any atom is -0.476 e. The van der Waals surface area contributed by atoms with Crippen molar-refractivity contribution < 1.29 is 23.8 Å². The number of aliphatic hydroxyl groups is 1. The summed E-state index contributed by atoms with van der Waals surface area (Å²) in [6, 6.07) is 4.13. The molecule has 2 N–H and O–H groups in total. The highest BCUT2D eigenvalue weighted by Crippen LogP contribution is 2.27. The first-order chi connectivity index (χ1) is 9.02. The summed E-state index contributed by atoms with van der Waals surface area (Å²) in [6.07, 6.45) is 1.19. The molecule has 0 saturated carbocycles. The highest BCUT2D eigenvalue weighted by atomic mass is 19.1. The molecule has 0 amide bonds. The summed E-state index contributed by atoms with van der Waals surface area (Å²) in [7, 11) is 0. The average Bonchev–Trinajstić information content (AvgIpc) is 2.38. The van der Waals surface area contributed by atoms with Crippen molar-refractivity contribution in [3.05, 3.63) is 53.4 Å². The van der Waals surface area contributed by atoms with Gasteiger partial charge in [0.1, 0.15) is 11.6 Å². The largest absolute Gasteiger partial charge is 0.476 e. The zero-order valence-corrected chi connectivity index (χ0v) is 9.60. The molecular weight excluding hydrogens is 256 g/mol. The lowest BCUT2D eigenvalue weighted by molar-refractivity contribution is 0.0691. The van der Waals surface area contributed by atoms with Crippen LogP contribution in [0.5, 0.6) is 0 Å². The quantitative estimate of drug-likeness (QED) is 0.892. The molecule has 0 saturated heterocycles. The molecule has 0 spiro atoms. The topological polar surface area (TPSA) is 70.4 Å². The second-order valence-electron chi connectivity index (χ2n) is 3.83. The Morgan fingerprint density at radius 2 is 1.95 bits per heavy atom. The lowest BCUT2D eigenvalue weighted by atomic mass is 10.0. The van der Waals surface area contributed by atoms with Gasteiger partial charge in [0, 0.05) is 23.4 Å². The van der Waals surface area contributed by atoms with Crippen LogP contribution in [0.4, 0.5) is 8.78 Å². The number of benzene rings is 1. The van der Waals surface area contributed by atoms with Crippen LogP contribution >= 0.6 is 0 Å². The molecule has 1 heterocycles. The van der Waals surface area contributed by atoms with E-state index < -0.39 is 17.6 Å². The molecule has 0 aliphatic carbocycles. The number of aromatic nitrogens is 1. The Morgan fingerprint density at radius 1 is 1.21 bits per heavy atom. The first kappa shape index (κ1) is 13.1. The molecule has 6 heteroatoms. The van der Waals surface area contributed by atoms with Crippen molar-refractivity contribution in [2.45, 2.75) is 6.61 Å². The Bertz CT molecular complexity index is 644. The molecule has 98 valence electrons. The van der Waals surface area contributed by atoms with Crippen molar-refractivity contribution in [1.82, 2.24) is 4.98 Å². The zero-order valence-electron chi connectivity index (χ0n) is 9.60. The molecule has 2 aromatic rings. The van der Waals surface area contributed by atoms with E-state index in [1.165, 1.54) is 12.3 Å². The second-order valence-corrected chi connectivity index (χ2v) is 3.83. The van der Waals surface area contributed by atoms with Gasteiger partial charge in [-0.2, -0.15) is 0 Å². The number of aromatic carboxylic acids is 1. The number of pyridine rings is 1. The van der Waals surface area contributed by atoms with Crippen LogP contribution in [0, 0.1) is 11.6 Å². The lowest BCUT2D eigenvalue weighted by Gasteiger charge is -2.08. The summed E-state index contributed by atoms with van der Waals surface area (Å²) in [5.74, 6) is -2.98. The molecule has 0 fully saturated rings. The van der Waals surface area contributed by atoms with E-state index in [9.17, 15) is 13.6 Å². The van der Waals surface area contributed by atoms with Crippen molar-refractivity contribution in [2.24, 2.45) is 0 Å². The summed E-state index contributed by atoms with van der Waals surface area (Å²) in [5, 5.41) is 18.0. The van der Waals surface area contributed by atoms with Crippen LogP contribution in [0.3, 0.4) is 0 Å². The SMILES string of the molecule is O=C(O)c1ncc(CO)cc1-c1ccc(F)cc1F. The highest BCUT2D eigenvalue weighted by Gasteiger charge is 2.17. The molecule has 4 nitrogen and oxygen atoms in total. The van der Waals surface area contributed by atoms with Crippen LogP contribution < -0.4 is 0 Å². The Hall–Kier alpha value is -2.34. The van der Waals surface area contributed by atoms with Crippen molar-refractivity contribution in [2.75, 3.05) is 0 Å². The number of hydrogen-bond donors (Lipinski definition) is 2. The van der Waals surface area contributed by atoms with Gasteiger partial charge in [0.15, 0.2) is 5.69 Å². The Labute approximate surface area is 107 Å². The van der Waals surface area contributed by atoms with Crippen molar-refractivity contribution in [3.63, 3.8) is 0 Å². The maximum atomic E-state index is 13.7. The van der Waals surface area contributed by atoms with Crippen LogP contribution in [-0.4, -0.2) is 21.2 Å². The predicted octanol–water partition coefficient (Wildman–Crippen LogP) is 2.22. The van der Waals surface area contributed by atoms with E-state index >= 15 is 0 Å². The molecule has 1 aromatic heterocycles. The van der Waals surface area contributed by atoms with Gasteiger partial charge in [-0.1, -0.05) is 0 Å². The summed E-state index contributed by atoms with van der Waals surface area (Å²) < 4.78 is 26.5. The van der Waals surface area contributed by atoms with Crippen molar-refractivity contribution in [1.29, 1.82) is 0 Å². The molecule has 0 aliphatic heterocycles. The van der Waals surface area contributed by atoms with Gasteiger partial charge in [-0.25, -0.2) is 18.6 Å². The Morgan fingerprint density at radius 3 is 2.53 bits per heavy atom. The van der Waals surface area contributed by atoms with Crippen molar-refractivity contribution >= 4 is 5.97 Å². The zero-order chi connectivity index (χ0) is 14.0. The van der Waals surface area contributed by atoms with E-state index in [1.807, 2.05) is 0 Å². The first-order valence-electron chi connectivity index (χ1n) is 5.31. The number of carboxylic acids is 1. The standard InChI is InChI=1S/C13H9F2NO3/c14-8-1-2-9(11(15)4-8)10-3-7(6-17)5-16-12(10)13(18)19/h1-5,17H,6H2,(H,18,19). The van der Waals surface area contributed by atoms with Gasteiger partial charge < -0.3 is 10.2 Å². The fraction of sp³-hybridized carbons (Fsp3) is 0.0769. The molecule has 0 unspecified atom stereocenters. The van der Waals surface area contributed by atoms with Crippen LogP contribution in [0.25, 0.3) is 11.1 Å². The summed E-state index contributed by atoms with van der Waals surface area (Å²) >= 11 is 0. The maximum Gasteiger partial charge on any atom is 0.355 e. The van der Waals surface area contributed by atoms with Crippen LogP contribution in [0.2, 0.25) is 0 Å². The summed E-state index contributed by atoms with van der Waals surface area (Å²) in [6.45, 7) is -0.358. The number of rotatable bonds is 3. The number of carboxylic acid groups (broad SMARTS) is 1. The van der Waals surface area contributed by atoms with Crippen LogP contribution in [0.1, 0.15) is 16.1 Å². The van der Waals surface area contributed by atoms with Gasteiger partial charge >= 0.3 is 5.97 Å². The minimum absolute atomic E-state index is 0.00319. The normalized spacial score (nSPS) is 10.5. The van der Waals surface area contributed by atoms with E-state index in [2.05, 4.69) is 4.98 Å². The Kier molecular flexibility index (Phi) is 3.52. The van der Waals surface area contributed by atoms with E-state index in [0.29, 0.717) is 11.6 Å². The van der Waals surface area contributed by atoms with Crippen LogP contribution in [0.15, 0.2) is 30.5 Å². The van der Waals surface area contributed by atoms with E-state index in [1.54, 1.807) is 0 Å². The Balaban J connectivity index is 2.68. The van der Waals surface area contributed by atoms with Gasteiger partial charge in [-0.05, 0) is 23.8 Å².